The van der Waals surface area contributed by atoms with Crippen LogP contribution < -0.4 is 0 Å². The highest BCUT2D eigenvalue weighted by Crippen LogP contribution is 2.23. The second kappa shape index (κ2) is 3.11. The topological polar surface area (TPSA) is 26.0 Å². The lowest BCUT2D eigenvalue weighted by atomic mass is 10.4. The van der Waals surface area contributed by atoms with E-state index in [0.717, 1.165) is 18.0 Å². The summed E-state index contributed by atoms with van der Waals surface area (Å²) in [6.07, 6.45) is 2.57. The van der Waals surface area contributed by atoms with Crippen molar-refractivity contribution >= 4 is 11.3 Å². The number of rotatable bonds is 2. The van der Waals surface area contributed by atoms with E-state index in [-0.39, 0.29) is 0 Å². The summed E-state index contributed by atoms with van der Waals surface area (Å²) in [5.41, 5.74) is 0.946. The van der Waals surface area contributed by atoms with Crippen molar-refractivity contribution in [1.29, 1.82) is 0 Å². The normalized spacial score (nSPS) is 10.4. The minimum atomic E-state index is 0.804. The first kappa shape index (κ1) is 7.55. The SMILES string of the molecule is CCc1nc(-c2cccs2)co1. The van der Waals surface area contributed by atoms with Crippen molar-refractivity contribution in [3.05, 3.63) is 29.7 Å². The molecule has 12 heavy (non-hydrogen) atoms. The molecule has 2 nitrogen and oxygen atoms in total. The molecule has 0 bridgehead atoms. The van der Waals surface area contributed by atoms with Crippen LogP contribution in [0.2, 0.25) is 0 Å². The Balaban J connectivity index is 2.35. The standard InChI is InChI=1S/C9H9NOS/c1-2-9-10-7(6-11-9)8-4-3-5-12-8/h3-6H,2H2,1H3. The highest BCUT2D eigenvalue weighted by Gasteiger charge is 2.04. The maximum absolute atomic E-state index is 5.23. The van der Waals surface area contributed by atoms with Gasteiger partial charge in [0.1, 0.15) is 12.0 Å². The fourth-order valence-corrected chi connectivity index (χ4v) is 1.69. The Kier molecular flexibility index (Phi) is 1.96. The van der Waals surface area contributed by atoms with Gasteiger partial charge in [-0.1, -0.05) is 13.0 Å². The Labute approximate surface area is 74.9 Å². The average Bonchev–Trinajstić information content (AvgIpc) is 2.75. The zero-order valence-corrected chi connectivity index (χ0v) is 7.60. The Hall–Kier alpha value is -1.09. The summed E-state index contributed by atoms with van der Waals surface area (Å²) in [6.45, 7) is 2.03. The van der Waals surface area contributed by atoms with Crippen molar-refractivity contribution in [3.63, 3.8) is 0 Å². The molecule has 0 spiro atoms. The van der Waals surface area contributed by atoms with Crippen LogP contribution in [0.15, 0.2) is 28.2 Å². The molecule has 0 aliphatic carbocycles. The minimum Gasteiger partial charge on any atom is -0.448 e. The molecule has 0 aromatic carbocycles. The first-order chi connectivity index (χ1) is 5.90. The quantitative estimate of drug-likeness (QED) is 0.708. The molecule has 0 saturated carbocycles. The lowest BCUT2D eigenvalue weighted by Crippen LogP contribution is -1.77. The second-order valence-electron chi connectivity index (χ2n) is 2.46. The number of aryl methyl sites for hydroxylation is 1. The Morgan fingerprint density at radius 3 is 3.08 bits per heavy atom. The van der Waals surface area contributed by atoms with Gasteiger partial charge in [-0.15, -0.1) is 11.3 Å². The molecule has 0 unspecified atom stereocenters. The minimum absolute atomic E-state index is 0.804. The summed E-state index contributed by atoms with van der Waals surface area (Å²) in [5, 5.41) is 2.04. The maximum atomic E-state index is 5.23. The first-order valence-electron chi connectivity index (χ1n) is 3.88. The fourth-order valence-electron chi connectivity index (χ4n) is 1.01. The van der Waals surface area contributed by atoms with Gasteiger partial charge in [0, 0.05) is 6.42 Å². The van der Waals surface area contributed by atoms with Gasteiger partial charge in [0.15, 0.2) is 5.89 Å². The van der Waals surface area contributed by atoms with Gasteiger partial charge in [0.05, 0.1) is 4.88 Å². The Morgan fingerprint density at radius 2 is 2.50 bits per heavy atom. The molecule has 0 saturated heterocycles. The van der Waals surface area contributed by atoms with E-state index in [2.05, 4.69) is 4.98 Å². The van der Waals surface area contributed by atoms with Crippen LogP contribution in [-0.2, 0) is 6.42 Å². The van der Waals surface area contributed by atoms with Gasteiger partial charge in [0.25, 0.3) is 0 Å². The Morgan fingerprint density at radius 1 is 1.58 bits per heavy atom. The van der Waals surface area contributed by atoms with Crippen molar-refractivity contribution in [2.75, 3.05) is 0 Å². The summed E-state index contributed by atoms with van der Waals surface area (Å²) in [4.78, 5) is 5.48. The summed E-state index contributed by atoms with van der Waals surface area (Å²) < 4.78 is 5.23. The van der Waals surface area contributed by atoms with Gasteiger partial charge in [-0.25, -0.2) is 4.98 Å². The van der Waals surface area contributed by atoms with E-state index >= 15 is 0 Å². The van der Waals surface area contributed by atoms with Gasteiger partial charge < -0.3 is 4.42 Å². The van der Waals surface area contributed by atoms with Crippen LogP contribution in [0.1, 0.15) is 12.8 Å². The van der Waals surface area contributed by atoms with Crippen LogP contribution in [-0.4, -0.2) is 4.98 Å². The van der Waals surface area contributed by atoms with E-state index < -0.39 is 0 Å². The smallest absolute Gasteiger partial charge is 0.194 e. The number of aromatic nitrogens is 1. The molecule has 2 aromatic heterocycles. The molecule has 0 N–H and O–H groups in total. The molecular weight excluding hydrogens is 170 g/mol. The lowest BCUT2D eigenvalue weighted by molar-refractivity contribution is 0.502. The largest absolute Gasteiger partial charge is 0.448 e. The predicted molar refractivity (Wildman–Crippen MR) is 49.2 cm³/mol. The lowest BCUT2D eigenvalue weighted by Gasteiger charge is -1.84. The van der Waals surface area contributed by atoms with E-state index in [0.29, 0.717) is 0 Å². The van der Waals surface area contributed by atoms with Gasteiger partial charge >= 0.3 is 0 Å². The monoisotopic (exact) mass is 179 g/mol. The van der Waals surface area contributed by atoms with Crippen LogP contribution in [0.25, 0.3) is 10.6 Å². The molecule has 0 atom stereocenters. The first-order valence-corrected chi connectivity index (χ1v) is 4.76. The van der Waals surface area contributed by atoms with Gasteiger partial charge in [-0.05, 0) is 11.4 Å². The number of nitrogens with zero attached hydrogens (tertiary/aromatic N) is 1. The van der Waals surface area contributed by atoms with E-state index in [1.807, 2.05) is 24.4 Å². The van der Waals surface area contributed by atoms with Gasteiger partial charge in [-0.3, -0.25) is 0 Å². The molecule has 62 valence electrons. The van der Waals surface area contributed by atoms with E-state index in [9.17, 15) is 0 Å². The molecule has 0 amide bonds. The second-order valence-corrected chi connectivity index (χ2v) is 3.41. The molecule has 0 aliphatic rings. The fraction of sp³-hybridized carbons (Fsp3) is 0.222. The third-order valence-corrected chi connectivity index (χ3v) is 2.52. The summed E-state index contributed by atoms with van der Waals surface area (Å²) in [5.74, 6) is 0.804. The third-order valence-electron chi connectivity index (χ3n) is 1.63. The van der Waals surface area contributed by atoms with Crippen LogP contribution in [0.5, 0.6) is 0 Å². The zero-order chi connectivity index (χ0) is 8.39. The number of hydrogen-bond acceptors (Lipinski definition) is 3. The third kappa shape index (κ3) is 1.28. The van der Waals surface area contributed by atoms with Crippen molar-refractivity contribution < 1.29 is 4.42 Å². The molecule has 0 radical (unpaired) electrons. The van der Waals surface area contributed by atoms with Crippen LogP contribution in [0.3, 0.4) is 0 Å². The van der Waals surface area contributed by atoms with Crippen molar-refractivity contribution in [1.82, 2.24) is 4.98 Å². The number of hydrogen-bond donors (Lipinski definition) is 0. The number of thiophene rings is 1. The Bertz CT molecular complexity index is 350. The van der Waals surface area contributed by atoms with E-state index in [4.69, 9.17) is 4.42 Å². The van der Waals surface area contributed by atoms with Crippen molar-refractivity contribution in [3.8, 4) is 10.6 Å². The predicted octanol–water partition coefficient (Wildman–Crippen LogP) is 2.97. The highest BCUT2D eigenvalue weighted by atomic mass is 32.1. The molecule has 0 fully saturated rings. The molecule has 2 heterocycles. The van der Waals surface area contributed by atoms with Gasteiger partial charge in [0.2, 0.25) is 0 Å². The van der Waals surface area contributed by atoms with E-state index in [1.54, 1.807) is 17.6 Å². The maximum Gasteiger partial charge on any atom is 0.194 e. The van der Waals surface area contributed by atoms with Crippen LogP contribution in [0.4, 0.5) is 0 Å². The van der Waals surface area contributed by atoms with Crippen molar-refractivity contribution in [2.24, 2.45) is 0 Å². The van der Waals surface area contributed by atoms with Crippen molar-refractivity contribution in [2.45, 2.75) is 13.3 Å². The van der Waals surface area contributed by atoms with Crippen LogP contribution in [0, 0.1) is 0 Å². The molecule has 2 aromatic rings. The van der Waals surface area contributed by atoms with Crippen LogP contribution >= 0.6 is 11.3 Å². The molecule has 2 rings (SSSR count). The summed E-state index contributed by atoms with van der Waals surface area (Å²) >= 11 is 1.68. The van der Waals surface area contributed by atoms with Gasteiger partial charge in [-0.2, -0.15) is 0 Å². The number of oxazole rings is 1. The summed E-state index contributed by atoms with van der Waals surface area (Å²) in [7, 11) is 0. The average molecular weight is 179 g/mol. The molecule has 0 aliphatic heterocycles. The highest BCUT2D eigenvalue weighted by molar-refractivity contribution is 7.13. The summed E-state index contributed by atoms with van der Waals surface area (Å²) in [6, 6.07) is 4.06. The molecular formula is C9H9NOS. The zero-order valence-electron chi connectivity index (χ0n) is 6.78. The molecule has 3 heteroatoms. The van der Waals surface area contributed by atoms with E-state index in [1.165, 1.54) is 4.88 Å².